The number of methoxy groups -OCH3 is 1. The fraction of sp³-hybridized carbons (Fsp3) is 0.400. The fourth-order valence-electron chi connectivity index (χ4n) is 4.24. The molecule has 0 bridgehead atoms. The lowest BCUT2D eigenvalue weighted by molar-refractivity contribution is 0.0697. The monoisotopic (exact) mass is 337 g/mol. The summed E-state index contributed by atoms with van der Waals surface area (Å²) in [5.74, 6) is 1.76. The van der Waals surface area contributed by atoms with Crippen LogP contribution in [-0.2, 0) is 0 Å². The van der Waals surface area contributed by atoms with E-state index in [9.17, 15) is 4.79 Å². The summed E-state index contributed by atoms with van der Waals surface area (Å²) >= 11 is 0. The molecule has 0 aliphatic carbocycles. The molecule has 25 heavy (non-hydrogen) atoms. The minimum Gasteiger partial charge on any atom is -0.497 e. The van der Waals surface area contributed by atoms with Crippen LogP contribution in [0.3, 0.4) is 0 Å². The first-order valence-corrected chi connectivity index (χ1v) is 8.83. The second-order valence-electron chi connectivity index (χ2n) is 6.80. The van der Waals surface area contributed by atoms with Crippen LogP contribution in [0.15, 0.2) is 48.8 Å². The summed E-state index contributed by atoms with van der Waals surface area (Å²) < 4.78 is 5.27. The van der Waals surface area contributed by atoms with E-state index < -0.39 is 0 Å². The van der Waals surface area contributed by atoms with E-state index in [4.69, 9.17) is 4.74 Å². The van der Waals surface area contributed by atoms with Gasteiger partial charge in [0.05, 0.1) is 12.7 Å². The largest absolute Gasteiger partial charge is 0.497 e. The molecule has 3 atom stereocenters. The Bertz CT molecular complexity index is 732. The smallest absolute Gasteiger partial charge is 0.255 e. The van der Waals surface area contributed by atoms with E-state index in [-0.39, 0.29) is 5.91 Å². The molecule has 2 aromatic rings. The van der Waals surface area contributed by atoms with Crippen molar-refractivity contribution >= 4 is 5.91 Å². The molecule has 2 saturated heterocycles. The number of rotatable bonds is 3. The third-order valence-electron chi connectivity index (χ3n) is 5.51. The number of ether oxygens (including phenoxy) is 1. The minimum absolute atomic E-state index is 0.0982. The molecule has 5 heteroatoms. The van der Waals surface area contributed by atoms with Gasteiger partial charge < -0.3 is 15.0 Å². The van der Waals surface area contributed by atoms with Crippen molar-refractivity contribution in [3.05, 3.63) is 59.9 Å². The SMILES string of the molecule is COc1ccc([C@H]2CN(C(=O)c3cccnc3)[C@@H]3CCNC[C@H]23)cc1. The van der Waals surface area contributed by atoms with E-state index in [1.54, 1.807) is 19.5 Å². The molecule has 1 N–H and O–H groups in total. The molecule has 1 amide bonds. The van der Waals surface area contributed by atoms with Gasteiger partial charge in [-0.2, -0.15) is 0 Å². The van der Waals surface area contributed by atoms with Crippen molar-refractivity contribution in [3.63, 3.8) is 0 Å². The van der Waals surface area contributed by atoms with Crippen LogP contribution >= 0.6 is 0 Å². The normalized spacial score (nSPS) is 25.5. The number of benzene rings is 1. The second-order valence-corrected chi connectivity index (χ2v) is 6.80. The summed E-state index contributed by atoms with van der Waals surface area (Å²) in [7, 11) is 1.68. The minimum atomic E-state index is 0.0982. The molecule has 2 aliphatic heterocycles. The maximum absolute atomic E-state index is 13.0. The van der Waals surface area contributed by atoms with Crippen LogP contribution in [0.5, 0.6) is 5.75 Å². The zero-order chi connectivity index (χ0) is 17.2. The lowest BCUT2D eigenvalue weighted by atomic mass is 9.82. The topological polar surface area (TPSA) is 54.5 Å². The maximum atomic E-state index is 13.0. The van der Waals surface area contributed by atoms with Gasteiger partial charge >= 0.3 is 0 Å². The predicted octanol–water partition coefficient (Wildman–Crippen LogP) is 2.31. The van der Waals surface area contributed by atoms with E-state index in [1.165, 1.54) is 5.56 Å². The number of nitrogens with zero attached hydrogens (tertiary/aromatic N) is 2. The lowest BCUT2D eigenvalue weighted by Crippen LogP contribution is -2.46. The molecular formula is C20H23N3O2. The van der Waals surface area contributed by atoms with Crippen molar-refractivity contribution in [1.82, 2.24) is 15.2 Å². The van der Waals surface area contributed by atoms with Crippen molar-refractivity contribution in [1.29, 1.82) is 0 Å². The molecule has 5 nitrogen and oxygen atoms in total. The summed E-state index contributed by atoms with van der Waals surface area (Å²) in [5, 5.41) is 3.50. The molecule has 0 spiro atoms. The number of carbonyl (C=O) groups is 1. The lowest BCUT2D eigenvalue weighted by Gasteiger charge is -2.33. The number of pyridine rings is 1. The van der Waals surface area contributed by atoms with Crippen LogP contribution in [-0.4, -0.2) is 48.6 Å². The number of nitrogens with one attached hydrogen (secondary N) is 1. The number of hydrogen-bond acceptors (Lipinski definition) is 4. The standard InChI is InChI=1S/C20H23N3O2/c1-25-16-6-4-14(5-7-16)18-13-23(19-8-10-22-12-17(18)19)20(24)15-3-2-9-21-11-15/h2-7,9,11,17-19,22H,8,10,12-13H2,1H3/t17-,18-,19-/m1/s1. The van der Waals surface area contributed by atoms with E-state index in [1.807, 2.05) is 24.3 Å². The average molecular weight is 337 g/mol. The summed E-state index contributed by atoms with van der Waals surface area (Å²) in [6.07, 6.45) is 4.37. The first kappa shape index (κ1) is 16.1. The van der Waals surface area contributed by atoms with E-state index in [0.29, 0.717) is 23.4 Å². The van der Waals surface area contributed by atoms with Crippen molar-refractivity contribution in [2.24, 2.45) is 5.92 Å². The highest BCUT2D eigenvalue weighted by Gasteiger charge is 2.45. The van der Waals surface area contributed by atoms with Crippen LogP contribution in [0, 0.1) is 5.92 Å². The third-order valence-corrected chi connectivity index (χ3v) is 5.51. The van der Waals surface area contributed by atoms with Gasteiger partial charge in [0.25, 0.3) is 5.91 Å². The van der Waals surface area contributed by atoms with Crippen LogP contribution in [0.4, 0.5) is 0 Å². The maximum Gasteiger partial charge on any atom is 0.255 e. The number of amides is 1. The molecule has 1 aromatic heterocycles. The van der Waals surface area contributed by atoms with Gasteiger partial charge in [-0.25, -0.2) is 0 Å². The zero-order valence-corrected chi connectivity index (χ0v) is 14.4. The molecule has 0 radical (unpaired) electrons. The highest BCUT2D eigenvalue weighted by molar-refractivity contribution is 5.94. The van der Waals surface area contributed by atoms with Crippen molar-refractivity contribution < 1.29 is 9.53 Å². The highest BCUT2D eigenvalue weighted by Crippen LogP contribution is 2.40. The second kappa shape index (κ2) is 6.84. The molecule has 2 fully saturated rings. The number of likely N-dealkylation sites (tertiary alicyclic amines) is 1. The number of fused-ring (bicyclic) bond motifs is 1. The Morgan fingerprint density at radius 3 is 2.84 bits per heavy atom. The predicted molar refractivity (Wildman–Crippen MR) is 95.8 cm³/mol. The quantitative estimate of drug-likeness (QED) is 0.934. The van der Waals surface area contributed by atoms with Crippen molar-refractivity contribution in [2.45, 2.75) is 18.4 Å². The van der Waals surface area contributed by atoms with E-state index in [0.717, 1.165) is 31.8 Å². The molecule has 2 aliphatic rings. The summed E-state index contributed by atoms with van der Waals surface area (Å²) in [4.78, 5) is 19.2. The molecule has 0 saturated carbocycles. The van der Waals surface area contributed by atoms with Gasteiger partial charge in [-0.1, -0.05) is 12.1 Å². The number of hydrogen-bond donors (Lipinski definition) is 1. The van der Waals surface area contributed by atoms with Gasteiger partial charge in [0.1, 0.15) is 5.75 Å². The highest BCUT2D eigenvalue weighted by atomic mass is 16.5. The van der Waals surface area contributed by atoms with Gasteiger partial charge in [0, 0.05) is 43.4 Å². The molecule has 0 unspecified atom stereocenters. The number of carbonyl (C=O) groups excluding carboxylic acids is 1. The average Bonchev–Trinajstić information content (AvgIpc) is 3.08. The summed E-state index contributed by atoms with van der Waals surface area (Å²) in [6, 6.07) is 12.2. The number of aromatic nitrogens is 1. The Balaban J connectivity index is 1.62. The van der Waals surface area contributed by atoms with Crippen LogP contribution in [0.1, 0.15) is 28.3 Å². The van der Waals surface area contributed by atoms with Crippen molar-refractivity contribution in [2.75, 3.05) is 26.7 Å². The first-order valence-electron chi connectivity index (χ1n) is 8.83. The Kier molecular flexibility index (Phi) is 4.40. The van der Waals surface area contributed by atoms with Gasteiger partial charge in [-0.05, 0) is 42.8 Å². The fourth-order valence-corrected chi connectivity index (χ4v) is 4.24. The van der Waals surface area contributed by atoms with Gasteiger partial charge in [-0.15, -0.1) is 0 Å². The first-order chi connectivity index (χ1) is 12.3. The molecule has 130 valence electrons. The van der Waals surface area contributed by atoms with E-state index >= 15 is 0 Å². The van der Waals surface area contributed by atoms with Gasteiger partial charge in [-0.3, -0.25) is 9.78 Å². The van der Waals surface area contributed by atoms with Gasteiger partial charge in [0.15, 0.2) is 0 Å². The van der Waals surface area contributed by atoms with Crippen LogP contribution in [0.25, 0.3) is 0 Å². The third kappa shape index (κ3) is 3.00. The summed E-state index contributed by atoms with van der Waals surface area (Å²) in [5.41, 5.74) is 1.95. The molecule has 4 rings (SSSR count). The molecular weight excluding hydrogens is 314 g/mol. The Hall–Kier alpha value is -2.40. The Morgan fingerprint density at radius 1 is 1.28 bits per heavy atom. The molecule has 3 heterocycles. The Labute approximate surface area is 148 Å². The van der Waals surface area contributed by atoms with Crippen LogP contribution in [0.2, 0.25) is 0 Å². The Morgan fingerprint density at radius 2 is 2.12 bits per heavy atom. The number of piperidine rings is 1. The van der Waals surface area contributed by atoms with Crippen LogP contribution < -0.4 is 10.1 Å². The zero-order valence-electron chi connectivity index (χ0n) is 14.4. The van der Waals surface area contributed by atoms with Gasteiger partial charge in [0.2, 0.25) is 0 Å². The van der Waals surface area contributed by atoms with E-state index in [2.05, 4.69) is 27.3 Å². The molecule has 1 aromatic carbocycles. The summed E-state index contributed by atoms with van der Waals surface area (Å²) in [6.45, 7) is 2.68. The van der Waals surface area contributed by atoms with Crippen molar-refractivity contribution in [3.8, 4) is 5.75 Å².